The number of nitrogens with zero attached hydrogens (tertiary/aromatic N) is 3. The highest BCUT2D eigenvalue weighted by atomic mass is 15.2. The SMILES string of the molecule is N#Cc1ccc(N(c2ccccc2)c2cc3c4ccccc4c(N(C4=CCCC=C4)c4ccccc4)cc3c3ccccc23)cc1. The van der Waals surface area contributed by atoms with E-state index in [9.17, 15) is 5.26 Å². The number of nitriles is 1. The molecule has 1 aliphatic carbocycles. The Morgan fingerprint density at radius 3 is 1.46 bits per heavy atom. The molecule has 0 fully saturated rings. The summed E-state index contributed by atoms with van der Waals surface area (Å²) >= 11 is 0. The molecule has 0 spiro atoms. The number of hydrogen-bond acceptors (Lipinski definition) is 3. The molecule has 0 saturated carbocycles. The Bertz CT molecular complexity index is 2310. The maximum absolute atomic E-state index is 9.50. The molecule has 218 valence electrons. The molecule has 3 heteroatoms. The van der Waals surface area contributed by atoms with Gasteiger partial charge in [0, 0.05) is 33.5 Å². The fraction of sp³-hybridized carbons (Fsp3) is 0.0465. The summed E-state index contributed by atoms with van der Waals surface area (Å²) in [6.07, 6.45) is 8.97. The van der Waals surface area contributed by atoms with Crippen molar-refractivity contribution >= 4 is 60.8 Å². The first kappa shape index (κ1) is 27.4. The Morgan fingerprint density at radius 1 is 0.457 bits per heavy atom. The highest BCUT2D eigenvalue weighted by Crippen LogP contribution is 2.46. The van der Waals surface area contributed by atoms with Crippen LogP contribution in [0, 0.1) is 11.3 Å². The van der Waals surface area contributed by atoms with E-state index < -0.39 is 0 Å². The van der Waals surface area contributed by atoms with Crippen molar-refractivity contribution in [2.24, 2.45) is 0 Å². The summed E-state index contributed by atoms with van der Waals surface area (Å²) in [6, 6.07) is 53.5. The van der Waals surface area contributed by atoms with E-state index in [1.807, 2.05) is 30.3 Å². The Balaban J connectivity index is 1.45. The van der Waals surface area contributed by atoms with Gasteiger partial charge in [0.15, 0.2) is 0 Å². The normalized spacial score (nSPS) is 12.6. The molecule has 7 aromatic rings. The molecule has 3 nitrogen and oxygen atoms in total. The Morgan fingerprint density at radius 2 is 0.935 bits per heavy atom. The lowest BCUT2D eigenvalue weighted by Gasteiger charge is -2.30. The molecule has 0 radical (unpaired) electrons. The van der Waals surface area contributed by atoms with Crippen molar-refractivity contribution in [1.82, 2.24) is 0 Å². The molecular weight excluding hydrogens is 558 g/mol. The number of allylic oxidation sites excluding steroid dienone is 3. The van der Waals surface area contributed by atoms with Crippen molar-refractivity contribution < 1.29 is 0 Å². The van der Waals surface area contributed by atoms with Gasteiger partial charge in [-0.1, -0.05) is 97.1 Å². The molecule has 0 aliphatic heterocycles. The summed E-state index contributed by atoms with van der Waals surface area (Å²) in [6.45, 7) is 0. The smallest absolute Gasteiger partial charge is 0.0991 e. The van der Waals surface area contributed by atoms with Gasteiger partial charge in [0.05, 0.1) is 23.0 Å². The third-order valence-electron chi connectivity index (χ3n) is 8.84. The maximum Gasteiger partial charge on any atom is 0.0991 e. The number of benzene rings is 7. The summed E-state index contributed by atoms with van der Waals surface area (Å²) in [5.74, 6) is 0. The van der Waals surface area contributed by atoms with Crippen molar-refractivity contribution in [3.8, 4) is 6.07 Å². The topological polar surface area (TPSA) is 30.3 Å². The van der Waals surface area contributed by atoms with Gasteiger partial charge in [-0.3, -0.25) is 0 Å². The van der Waals surface area contributed by atoms with Gasteiger partial charge in [0.1, 0.15) is 0 Å². The lowest BCUT2D eigenvalue weighted by atomic mass is 9.93. The van der Waals surface area contributed by atoms with Crippen molar-refractivity contribution in [3.63, 3.8) is 0 Å². The van der Waals surface area contributed by atoms with Crippen LogP contribution in [0.1, 0.15) is 18.4 Å². The second-order valence-corrected chi connectivity index (χ2v) is 11.6. The molecule has 0 heterocycles. The lowest BCUT2D eigenvalue weighted by Crippen LogP contribution is -2.16. The molecule has 0 bridgehead atoms. The molecule has 0 amide bonds. The van der Waals surface area contributed by atoms with Crippen LogP contribution in [0.25, 0.3) is 32.3 Å². The average Bonchev–Trinajstić information content (AvgIpc) is 3.14. The van der Waals surface area contributed by atoms with Crippen molar-refractivity contribution in [2.75, 3.05) is 9.80 Å². The third kappa shape index (κ3) is 4.78. The summed E-state index contributed by atoms with van der Waals surface area (Å²) in [4.78, 5) is 4.71. The quantitative estimate of drug-likeness (QED) is 0.181. The van der Waals surface area contributed by atoms with Crippen molar-refractivity contribution in [3.05, 3.63) is 175 Å². The molecule has 0 unspecified atom stereocenters. The zero-order chi connectivity index (χ0) is 30.9. The Hall–Kier alpha value is -6.11. The van der Waals surface area contributed by atoms with E-state index in [1.54, 1.807) is 0 Å². The van der Waals surface area contributed by atoms with Gasteiger partial charge in [-0.2, -0.15) is 5.26 Å². The van der Waals surface area contributed by atoms with Crippen LogP contribution in [0.5, 0.6) is 0 Å². The minimum absolute atomic E-state index is 0.643. The van der Waals surface area contributed by atoms with Gasteiger partial charge in [0.25, 0.3) is 0 Å². The number of anilines is 5. The van der Waals surface area contributed by atoms with E-state index in [4.69, 9.17) is 0 Å². The summed E-state index contributed by atoms with van der Waals surface area (Å²) in [5.41, 5.74) is 7.29. The highest BCUT2D eigenvalue weighted by Gasteiger charge is 2.22. The zero-order valence-corrected chi connectivity index (χ0v) is 25.3. The molecule has 1 aliphatic rings. The first-order valence-electron chi connectivity index (χ1n) is 15.7. The zero-order valence-electron chi connectivity index (χ0n) is 25.3. The van der Waals surface area contributed by atoms with Crippen LogP contribution in [0.2, 0.25) is 0 Å². The number of fused-ring (bicyclic) bond motifs is 5. The van der Waals surface area contributed by atoms with Gasteiger partial charge in [0.2, 0.25) is 0 Å². The predicted octanol–water partition coefficient (Wildman–Crippen LogP) is 11.9. The molecule has 0 N–H and O–H groups in total. The molecule has 0 saturated heterocycles. The van der Waals surface area contributed by atoms with Crippen LogP contribution in [-0.4, -0.2) is 0 Å². The number of para-hydroxylation sites is 2. The van der Waals surface area contributed by atoms with Crippen LogP contribution >= 0.6 is 0 Å². The molecule has 8 rings (SSSR count). The minimum atomic E-state index is 0.643. The predicted molar refractivity (Wildman–Crippen MR) is 193 cm³/mol. The molecule has 7 aromatic carbocycles. The lowest BCUT2D eigenvalue weighted by molar-refractivity contribution is 0.998. The third-order valence-corrected chi connectivity index (χ3v) is 8.84. The van der Waals surface area contributed by atoms with E-state index in [0.29, 0.717) is 5.56 Å². The van der Waals surface area contributed by atoms with Gasteiger partial charge < -0.3 is 9.80 Å². The van der Waals surface area contributed by atoms with Crippen LogP contribution < -0.4 is 9.80 Å². The van der Waals surface area contributed by atoms with Crippen LogP contribution in [-0.2, 0) is 0 Å². The average molecular weight is 590 g/mol. The second-order valence-electron chi connectivity index (χ2n) is 11.6. The van der Waals surface area contributed by atoms with E-state index in [0.717, 1.165) is 46.7 Å². The summed E-state index contributed by atoms with van der Waals surface area (Å²) < 4.78 is 0. The van der Waals surface area contributed by atoms with E-state index >= 15 is 0 Å². The van der Waals surface area contributed by atoms with Gasteiger partial charge in [-0.05, 0) is 101 Å². The minimum Gasteiger partial charge on any atom is -0.310 e. The van der Waals surface area contributed by atoms with Crippen LogP contribution in [0.4, 0.5) is 28.4 Å². The fourth-order valence-electron chi connectivity index (χ4n) is 6.74. The summed E-state index contributed by atoms with van der Waals surface area (Å²) in [5, 5.41) is 16.7. The van der Waals surface area contributed by atoms with Gasteiger partial charge >= 0.3 is 0 Å². The van der Waals surface area contributed by atoms with E-state index in [1.165, 1.54) is 32.6 Å². The standard InChI is InChI=1S/C43H31N3/c44-30-31-24-26-35(27-25-31)46(34-18-8-3-9-19-34)43-29-41-36-20-10-12-22-38(36)42(28-40(41)37-21-11-13-23-39(37)43)45(32-14-4-1-5-15-32)33-16-6-2-7-17-33/h1,3-6,8-29H,2,7H2. The van der Waals surface area contributed by atoms with Crippen LogP contribution in [0.3, 0.4) is 0 Å². The van der Waals surface area contributed by atoms with E-state index in [-0.39, 0.29) is 0 Å². The van der Waals surface area contributed by atoms with E-state index in [2.05, 4.69) is 149 Å². The van der Waals surface area contributed by atoms with Gasteiger partial charge in [-0.25, -0.2) is 0 Å². The number of hydrogen-bond donors (Lipinski definition) is 0. The maximum atomic E-state index is 9.50. The van der Waals surface area contributed by atoms with Crippen molar-refractivity contribution in [2.45, 2.75) is 12.8 Å². The monoisotopic (exact) mass is 589 g/mol. The molecule has 0 aromatic heterocycles. The first-order valence-corrected chi connectivity index (χ1v) is 15.7. The largest absolute Gasteiger partial charge is 0.310 e. The fourth-order valence-corrected chi connectivity index (χ4v) is 6.74. The second kappa shape index (κ2) is 11.8. The number of rotatable bonds is 6. The molecular formula is C43H31N3. The van der Waals surface area contributed by atoms with Crippen molar-refractivity contribution in [1.29, 1.82) is 5.26 Å². The molecule has 0 atom stereocenters. The first-order chi connectivity index (χ1) is 22.8. The Labute approximate surface area is 269 Å². The molecule has 46 heavy (non-hydrogen) atoms. The van der Waals surface area contributed by atoms with Gasteiger partial charge in [-0.15, -0.1) is 0 Å². The van der Waals surface area contributed by atoms with Crippen LogP contribution in [0.15, 0.2) is 170 Å². The highest BCUT2D eigenvalue weighted by molar-refractivity contribution is 6.24. The Kier molecular flexibility index (Phi) is 7.02. The summed E-state index contributed by atoms with van der Waals surface area (Å²) in [7, 11) is 0.